The molecule has 3 rings (SSSR count). The lowest BCUT2D eigenvalue weighted by atomic mass is 10.1. The molecule has 0 saturated heterocycles. The van der Waals surface area contributed by atoms with Gasteiger partial charge in [0.2, 0.25) is 5.91 Å². The van der Waals surface area contributed by atoms with Gasteiger partial charge >= 0.3 is 0 Å². The van der Waals surface area contributed by atoms with Crippen molar-refractivity contribution in [2.24, 2.45) is 0 Å². The fourth-order valence-corrected chi connectivity index (χ4v) is 3.35. The van der Waals surface area contributed by atoms with E-state index in [1.807, 2.05) is 48.2 Å². The zero-order valence-electron chi connectivity index (χ0n) is 15.1. The Morgan fingerprint density at radius 3 is 2.60 bits per heavy atom. The standard InChI is InChI=1S/C20H24N2O3/c1-13-11-15-7-5-6-8-17(15)22(13)20(23)14(2)21-16-9-10-18(24-3)19(12-16)25-4/h5-10,12-14,21H,11H2,1-4H3. The molecular weight excluding hydrogens is 316 g/mol. The zero-order valence-corrected chi connectivity index (χ0v) is 15.1. The summed E-state index contributed by atoms with van der Waals surface area (Å²) in [5.74, 6) is 1.35. The number of carbonyl (C=O) groups is 1. The smallest absolute Gasteiger partial charge is 0.249 e. The highest BCUT2D eigenvalue weighted by molar-refractivity contribution is 6.00. The van der Waals surface area contributed by atoms with Crippen LogP contribution in [0.4, 0.5) is 11.4 Å². The Morgan fingerprint density at radius 1 is 1.16 bits per heavy atom. The molecule has 1 heterocycles. The molecule has 1 aliphatic heterocycles. The summed E-state index contributed by atoms with van der Waals surface area (Å²) in [7, 11) is 3.20. The second kappa shape index (κ2) is 7.05. The Bertz CT molecular complexity index is 775. The molecule has 0 aliphatic carbocycles. The first-order valence-corrected chi connectivity index (χ1v) is 8.44. The van der Waals surface area contributed by atoms with E-state index in [1.165, 1.54) is 5.56 Å². The number of hydrogen-bond acceptors (Lipinski definition) is 4. The molecular formula is C20H24N2O3. The Hall–Kier alpha value is -2.69. The molecule has 132 valence electrons. The highest BCUT2D eigenvalue weighted by Crippen LogP contribution is 2.33. The summed E-state index contributed by atoms with van der Waals surface area (Å²) in [5.41, 5.74) is 3.06. The van der Waals surface area contributed by atoms with Crippen LogP contribution in [0.2, 0.25) is 0 Å². The first kappa shape index (κ1) is 17.1. The Kier molecular flexibility index (Phi) is 4.83. The highest BCUT2D eigenvalue weighted by Gasteiger charge is 2.33. The molecule has 1 N–H and O–H groups in total. The molecule has 0 spiro atoms. The third-order valence-corrected chi connectivity index (χ3v) is 4.58. The number of methoxy groups -OCH3 is 2. The number of anilines is 2. The van der Waals surface area contributed by atoms with Gasteiger partial charge in [-0.1, -0.05) is 18.2 Å². The minimum atomic E-state index is -0.355. The Labute approximate surface area is 148 Å². The van der Waals surface area contributed by atoms with Gasteiger partial charge in [0.1, 0.15) is 6.04 Å². The van der Waals surface area contributed by atoms with Crippen LogP contribution < -0.4 is 19.7 Å². The van der Waals surface area contributed by atoms with Crippen LogP contribution in [0.1, 0.15) is 19.4 Å². The SMILES string of the molecule is COc1ccc(NC(C)C(=O)N2c3ccccc3CC2C)cc1OC. The summed E-state index contributed by atoms with van der Waals surface area (Å²) in [6.45, 7) is 3.97. The number of fused-ring (bicyclic) bond motifs is 1. The van der Waals surface area contributed by atoms with Gasteiger partial charge in [-0.25, -0.2) is 0 Å². The Balaban J connectivity index is 1.77. The number of nitrogens with zero attached hydrogens (tertiary/aromatic N) is 1. The van der Waals surface area contributed by atoms with E-state index < -0.39 is 0 Å². The number of nitrogens with one attached hydrogen (secondary N) is 1. The van der Waals surface area contributed by atoms with Gasteiger partial charge in [-0.2, -0.15) is 0 Å². The third kappa shape index (κ3) is 3.27. The molecule has 0 bridgehead atoms. The molecule has 2 aromatic carbocycles. The maximum Gasteiger partial charge on any atom is 0.249 e. The van der Waals surface area contributed by atoms with Crippen LogP contribution in [0.15, 0.2) is 42.5 Å². The topological polar surface area (TPSA) is 50.8 Å². The van der Waals surface area contributed by atoms with Gasteiger partial charge in [-0.15, -0.1) is 0 Å². The molecule has 0 fully saturated rings. The van der Waals surface area contributed by atoms with Crippen molar-refractivity contribution >= 4 is 17.3 Å². The zero-order chi connectivity index (χ0) is 18.0. The molecule has 25 heavy (non-hydrogen) atoms. The highest BCUT2D eigenvalue weighted by atomic mass is 16.5. The number of rotatable bonds is 5. The van der Waals surface area contributed by atoms with Crippen LogP contribution in [-0.2, 0) is 11.2 Å². The summed E-state index contributed by atoms with van der Waals surface area (Å²) in [4.78, 5) is 14.9. The van der Waals surface area contributed by atoms with Crippen LogP contribution >= 0.6 is 0 Å². The normalized spacial score (nSPS) is 17.0. The van der Waals surface area contributed by atoms with E-state index >= 15 is 0 Å². The van der Waals surface area contributed by atoms with Crippen molar-refractivity contribution in [2.45, 2.75) is 32.4 Å². The van der Waals surface area contributed by atoms with Crippen molar-refractivity contribution in [3.63, 3.8) is 0 Å². The van der Waals surface area contributed by atoms with Crippen molar-refractivity contribution in [1.82, 2.24) is 0 Å². The minimum Gasteiger partial charge on any atom is -0.493 e. The molecule has 2 unspecified atom stereocenters. The van der Waals surface area contributed by atoms with Crippen molar-refractivity contribution in [3.8, 4) is 11.5 Å². The van der Waals surface area contributed by atoms with Crippen LogP contribution in [0, 0.1) is 0 Å². The van der Waals surface area contributed by atoms with Crippen LogP contribution in [0.3, 0.4) is 0 Å². The van der Waals surface area contributed by atoms with Crippen LogP contribution in [0.5, 0.6) is 11.5 Å². The maximum atomic E-state index is 13.0. The van der Waals surface area contributed by atoms with Gasteiger partial charge < -0.3 is 19.7 Å². The summed E-state index contributed by atoms with van der Waals surface area (Å²) in [6, 6.07) is 13.5. The molecule has 0 radical (unpaired) electrons. The summed E-state index contributed by atoms with van der Waals surface area (Å²) in [6.07, 6.45) is 0.894. The molecule has 2 aromatic rings. The number of ether oxygens (including phenoxy) is 2. The number of carbonyl (C=O) groups excluding carboxylic acids is 1. The van der Waals surface area contributed by atoms with E-state index in [1.54, 1.807) is 14.2 Å². The number of hydrogen-bond donors (Lipinski definition) is 1. The van der Waals surface area contributed by atoms with E-state index in [2.05, 4.69) is 18.3 Å². The lowest BCUT2D eigenvalue weighted by molar-refractivity contribution is -0.119. The number of benzene rings is 2. The van der Waals surface area contributed by atoms with E-state index in [0.717, 1.165) is 17.8 Å². The fraction of sp³-hybridized carbons (Fsp3) is 0.350. The van der Waals surface area contributed by atoms with Gasteiger partial charge in [-0.05, 0) is 44.0 Å². The maximum absolute atomic E-state index is 13.0. The van der Waals surface area contributed by atoms with Gasteiger partial charge in [0.15, 0.2) is 11.5 Å². The predicted molar refractivity (Wildman–Crippen MR) is 99.7 cm³/mol. The first-order chi connectivity index (χ1) is 12.0. The monoisotopic (exact) mass is 340 g/mol. The van der Waals surface area contributed by atoms with Crippen molar-refractivity contribution < 1.29 is 14.3 Å². The summed E-state index contributed by atoms with van der Waals surface area (Å²) >= 11 is 0. The first-order valence-electron chi connectivity index (χ1n) is 8.44. The van der Waals surface area contributed by atoms with Crippen molar-refractivity contribution in [2.75, 3.05) is 24.4 Å². The van der Waals surface area contributed by atoms with Crippen LogP contribution in [0.25, 0.3) is 0 Å². The molecule has 5 nitrogen and oxygen atoms in total. The lowest BCUT2D eigenvalue weighted by Crippen LogP contribution is -2.44. The Morgan fingerprint density at radius 2 is 1.88 bits per heavy atom. The predicted octanol–water partition coefficient (Wildman–Crippen LogP) is 3.48. The van der Waals surface area contributed by atoms with E-state index in [9.17, 15) is 4.79 Å². The molecule has 5 heteroatoms. The summed E-state index contributed by atoms with van der Waals surface area (Å²) < 4.78 is 10.6. The molecule has 0 aromatic heterocycles. The van der Waals surface area contributed by atoms with Crippen LogP contribution in [-0.4, -0.2) is 32.2 Å². The van der Waals surface area contributed by atoms with E-state index in [-0.39, 0.29) is 18.0 Å². The third-order valence-electron chi connectivity index (χ3n) is 4.58. The lowest BCUT2D eigenvalue weighted by Gasteiger charge is -2.27. The van der Waals surface area contributed by atoms with Crippen molar-refractivity contribution in [1.29, 1.82) is 0 Å². The average molecular weight is 340 g/mol. The molecule has 1 aliphatic rings. The van der Waals surface area contributed by atoms with Gasteiger partial charge in [-0.3, -0.25) is 4.79 Å². The quantitative estimate of drug-likeness (QED) is 0.905. The molecule has 2 atom stereocenters. The van der Waals surface area contributed by atoms with E-state index in [4.69, 9.17) is 9.47 Å². The number of para-hydroxylation sites is 1. The average Bonchev–Trinajstić information content (AvgIpc) is 2.96. The molecule has 1 amide bonds. The van der Waals surface area contributed by atoms with Gasteiger partial charge in [0.25, 0.3) is 0 Å². The fourth-order valence-electron chi connectivity index (χ4n) is 3.35. The largest absolute Gasteiger partial charge is 0.493 e. The van der Waals surface area contributed by atoms with E-state index in [0.29, 0.717) is 11.5 Å². The minimum absolute atomic E-state index is 0.0623. The van der Waals surface area contributed by atoms with Gasteiger partial charge in [0, 0.05) is 23.5 Å². The second-order valence-electron chi connectivity index (χ2n) is 6.33. The van der Waals surface area contributed by atoms with Gasteiger partial charge in [0.05, 0.1) is 14.2 Å². The van der Waals surface area contributed by atoms with Crippen molar-refractivity contribution in [3.05, 3.63) is 48.0 Å². The number of amides is 1. The molecule has 0 saturated carbocycles. The summed E-state index contributed by atoms with van der Waals surface area (Å²) in [5, 5.41) is 3.27. The second-order valence-corrected chi connectivity index (χ2v) is 6.33.